The molecule has 0 aromatic heterocycles. The third kappa shape index (κ3) is 3.24. The Hall–Kier alpha value is -1.26. The molecule has 0 radical (unpaired) electrons. The summed E-state index contributed by atoms with van der Waals surface area (Å²) < 4.78 is 14.9. The van der Waals surface area contributed by atoms with Crippen molar-refractivity contribution < 1.29 is 19.0 Å². The van der Waals surface area contributed by atoms with E-state index in [9.17, 15) is 4.79 Å². The van der Waals surface area contributed by atoms with Crippen molar-refractivity contribution in [3.63, 3.8) is 0 Å². The highest BCUT2D eigenvalue weighted by atomic mass is 16.7. The summed E-state index contributed by atoms with van der Waals surface area (Å²) >= 11 is 0. The molecule has 1 atom stereocenters. The average molecular weight is 201 g/mol. The van der Waals surface area contributed by atoms with E-state index in [1.54, 1.807) is 6.92 Å². The largest absolute Gasteiger partial charge is 0.466 e. The van der Waals surface area contributed by atoms with Gasteiger partial charge in [-0.25, -0.2) is 4.99 Å². The number of rotatable bonds is 4. The lowest BCUT2D eigenvalue weighted by Crippen LogP contribution is -2.15. The van der Waals surface area contributed by atoms with Gasteiger partial charge < -0.3 is 14.2 Å². The van der Waals surface area contributed by atoms with E-state index < -0.39 is 0 Å². The summed E-state index contributed by atoms with van der Waals surface area (Å²) in [6.45, 7) is 4.94. The lowest BCUT2D eigenvalue weighted by molar-refractivity contribution is -0.143. The summed E-state index contributed by atoms with van der Waals surface area (Å²) in [6, 6.07) is -0.157. The molecule has 0 spiro atoms. The number of ether oxygens (including phenoxy) is 3. The quantitative estimate of drug-likeness (QED) is 0.629. The fraction of sp³-hybridized carbons (Fsp3) is 0.778. The maximum Gasteiger partial charge on any atom is 0.383 e. The van der Waals surface area contributed by atoms with Crippen molar-refractivity contribution in [1.29, 1.82) is 0 Å². The molecule has 0 amide bonds. The standard InChI is InChI=1S/C9H15NO4/c1-3-12-8(11)5-7-6-14-9(10-7)13-4-2/h7H,3-6H2,1-2H3/t7-/m0/s1. The van der Waals surface area contributed by atoms with Crippen LogP contribution in [-0.4, -0.2) is 37.9 Å². The maximum atomic E-state index is 11.1. The van der Waals surface area contributed by atoms with Gasteiger partial charge in [0, 0.05) is 0 Å². The predicted molar refractivity (Wildman–Crippen MR) is 50.1 cm³/mol. The number of aliphatic imine (C=N–C) groups is 1. The van der Waals surface area contributed by atoms with Gasteiger partial charge in [-0.15, -0.1) is 0 Å². The van der Waals surface area contributed by atoms with E-state index >= 15 is 0 Å². The molecule has 0 unspecified atom stereocenters. The van der Waals surface area contributed by atoms with Gasteiger partial charge in [-0.3, -0.25) is 4.79 Å². The first-order chi connectivity index (χ1) is 6.76. The van der Waals surface area contributed by atoms with Crippen LogP contribution in [0.2, 0.25) is 0 Å². The highest BCUT2D eigenvalue weighted by Gasteiger charge is 2.22. The number of carbonyl (C=O) groups is 1. The van der Waals surface area contributed by atoms with E-state index in [1.807, 2.05) is 6.92 Å². The maximum absolute atomic E-state index is 11.1. The summed E-state index contributed by atoms with van der Waals surface area (Å²) in [7, 11) is 0. The first-order valence-electron chi connectivity index (χ1n) is 4.75. The van der Waals surface area contributed by atoms with Crippen molar-refractivity contribution in [2.75, 3.05) is 19.8 Å². The molecule has 0 aromatic rings. The normalized spacial score (nSPS) is 19.9. The second-order valence-electron chi connectivity index (χ2n) is 2.80. The summed E-state index contributed by atoms with van der Waals surface area (Å²) in [5, 5.41) is 0. The molecule has 1 aliphatic heterocycles. The molecule has 0 saturated heterocycles. The molecule has 0 aliphatic carbocycles. The molecular formula is C9H15NO4. The van der Waals surface area contributed by atoms with Crippen LogP contribution < -0.4 is 0 Å². The zero-order valence-electron chi connectivity index (χ0n) is 8.49. The van der Waals surface area contributed by atoms with Crippen molar-refractivity contribution in [3.05, 3.63) is 0 Å². The summed E-state index contributed by atoms with van der Waals surface area (Å²) in [5.74, 6) is -0.248. The molecule has 1 aliphatic rings. The second-order valence-corrected chi connectivity index (χ2v) is 2.80. The average Bonchev–Trinajstić information content (AvgIpc) is 2.53. The van der Waals surface area contributed by atoms with Gasteiger partial charge in [0.25, 0.3) is 0 Å². The van der Waals surface area contributed by atoms with Crippen molar-refractivity contribution in [2.24, 2.45) is 4.99 Å². The van der Waals surface area contributed by atoms with E-state index in [0.717, 1.165) is 0 Å². The van der Waals surface area contributed by atoms with Crippen LogP contribution in [0.4, 0.5) is 0 Å². The first kappa shape index (κ1) is 10.8. The molecule has 0 saturated carbocycles. The lowest BCUT2D eigenvalue weighted by Gasteiger charge is -2.03. The SMILES string of the molecule is CCOC(=O)C[C@H]1COC(OCC)=N1. The van der Waals surface area contributed by atoms with Gasteiger partial charge in [-0.2, -0.15) is 0 Å². The Labute approximate surface area is 83.1 Å². The van der Waals surface area contributed by atoms with Gasteiger partial charge >= 0.3 is 12.1 Å². The topological polar surface area (TPSA) is 57.1 Å². The number of nitrogens with zero attached hydrogens (tertiary/aromatic N) is 1. The second kappa shape index (κ2) is 5.47. The Morgan fingerprint density at radius 3 is 3.00 bits per heavy atom. The van der Waals surface area contributed by atoms with Crippen LogP contribution >= 0.6 is 0 Å². The van der Waals surface area contributed by atoms with Gasteiger partial charge in [-0.05, 0) is 13.8 Å². The molecule has 5 nitrogen and oxygen atoms in total. The number of esters is 1. The van der Waals surface area contributed by atoms with E-state index in [0.29, 0.717) is 19.8 Å². The van der Waals surface area contributed by atoms with Crippen LogP contribution in [0.15, 0.2) is 4.99 Å². The van der Waals surface area contributed by atoms with Crippen LogP contribution in [0, 0.1) is 0 Å². The minimum Gasteiger partial charge on any atom is -0.466 e. The van der Waals surface area contributed by atoms with E-state index in [-0.39, 0.29) is 24.5 Å². The summed E-state index contributed by atoms with van der Waals surface area (Å²) in [5.41, 5.74) is 0. The zero-order chi connectivity index (χ0) is 10.4. The summed E-state index contributed by atoms with van der Waals surface area (Å²) in [6.07, 6.45) is 0.534. The van der Waals surface area contributed by atoms with Gasteiger partial charge in [0.2, 0.25) is 0 Å². The molecule has 0 N–H and O–H groups in total. The fourth-order valence-corrected chi connectivity index (χ4v) is 1.11. The van der Waals surface area contributed by atoms with Gasteiger partial charge in [0.05, 0.1) is 19.6 Å². The number of hydrogen-bond acceptors (Lipinski definition) is 5. The minimum absolute atomic E-state index is 0.157. The Kier molecular flexibility index (Phi) is 4.22. The molecule has 14 heavy (non-hydrogen) atoms. The van der Waals surface area contributed by atoms with Crippen LogP contribution in [0.25, 0.3) is 0 Å². The van der Waals surface area contributed by atoms with Crippen LogP contribution in [-0.2, 0) is 19.0 Å². The number of hydrogen-bond donors (Lipinski definition) is 0. The third-order valence-corrected chi connectivity index (χ3v) is 1.66. The van der Waals surface area contributed by atoms with Crippen molar-refractivity contribution >= 4 is 12.1 Å². The lowest BCUT2D eigenvalue weighted by atomic mass is 10.2. The van der Waals surface area contributed by atoms with Crippen molar-refractivity contribution in [2.45, 2.75) is 26.3 Å². The van der Waals surface area contributed by atoms with Gasteiger partial charge in [0.1, 0.15) is 12.6 Å². The van der Waals surface area contributed by atoms with Crippen LogP contribution in [0.1, 0.15) is 20.3 Å². The monoisotopic (exact) mass is 201 g/mol. The molecule has 80 valence electrons. The zero-order valence-corrected chi connectivity index (χ0v) is 8.49. The molecule has 0 fully saturated rings. The molecular weight excluding hydrogens is 186 g/mol. The smallest absolute Gasteiger partial charge is 0.383 e. The molecule has 1 heterocycles. The molecule has 5 heteroatoms. The molecule has 0 bridgehead atoms. The third-order valence-electron chi connectivity index (χ3n) is 1.66. The predicted octanol–water partition coefficient (Wildman–Crippen LogP) is 0.731. The number of carbonyl (C=O) groups excluding carboxylic acids is 1. The van der Waals surface area contributed by atoms with Gasteiger partial charge in [-0.1, -0.05) is 0 Å². The van der Waals surface area contributed by atoms with Crippen molar-refractivity contribution in [3.8, 4) is 0 Å². The van der Waals surface area contributed by atoms with Crippen molar-refractivity contribution in [1.82, 2.24) is 0 Å². The van der Waals surface area contributed by atoms with E-state index in [4.69, 9.17) is 14.2 Å². The molecule has 1 rings (SSSR count). The van der Waals surface area contributed by atoms with Gasteiger partial charge in [0.15, 0.2) is 0 Å². The highest BCUT2D eigenvalue weighted by molar-refractivity contribution is 5.73. The van der Waals surface area contributed by atoms with Crippen LogP contribution in [0.3, 0.4) is 0 Å². The van der Waals surface area contributed by atoms with E-state index in [1.165, 1.54) is 0 Å². The highest BCUT2D eigenvalue weighted by Crippen LogP contribution is 2.09. The Bertz CT molecular complexity index is 227. The Balaban J connectivity index is 2.30. The Morgan fingerprint density at radius 1 is 1.57 bits per heavy atom. The fourth-order valence-electron chi connectivity index (χ4n) is 1.11. The Morgan fingerprint density at radius 2 is 2.36 bits per heavy atom. The minimum atomic E-state index is -0.248. The summed E-state index contributed by atoms with van der Waals surface area (Å²) in [4.78, 5) is 15.1. The van der Waals surface area contributed by atoms with Crippen LogP contribution in [0.5, 0.6) is 0 Å². The first-order valence-corrected chi connectivity index (χ1v) is 4.75. The van der Waals surface area contributed by atoms with E-state index in [2.05, 4.69) is 4.99 Å². The molecule has 0 aromatic carbocycles.